The van der Waals surface area contributed by atoms with Gasteiger partial charge in [-0.25, -0.2) is 9.37 Å². The van der Waals surface area contributed by atoms with Gasteiger partial charge in [-0.1, -0.05) is 29.8 Å². The molecule has 0 atom stereocenters. The monoisotopic (exact) mass is 427 g/mol. The van der Waals surface area contributed by atoms with Crippen LogP contribution in [0, 0.1) is 24.1 Å². The first-order valence-electron chi connectivity index (χ1n) is 8.46. The van der Waals surface area contributed by atoms with Crippen LogP contribution in [0.5, 0.6) is 5.75 Å². The van der Waals surface area contributed by atoms with Gasteiger partial charge in [0.15, 0.2) is 5.13 Å². The summed E-state index contributed by atoms with van der Waals surface area (Å²) in [6.45, 7) is 2.04. The lowest BCUT2D eigenvalue weighted by molar-refractivity contribution is -0.112. The molecule has 3 rings (SSSR count). The summed E-state index contributed by atoms with van der Waals surface area (Å²) in [6, 6.07) is 12.8. The van der Waals surface area contributed by atoms with Crippen LogP contribution in [0.3, 0.4) is 0 Å². The number of carbonyl (C=O) groups is 1. The summed E-state index contributed by atoms with van der Waals surface area (Å²) in [5.41, 5.74) is 2.09. The fraction of sp³-hybridized carbons (Fsp3) is 0.0952. The van der Waals surface area contributed by atoms with Gasteiger partial charge in [0.25, 0.3) is 5.91 Å². The maximum Gasteiger partial charge on any atom is 0.268 e. The van der Waals surface area contributed by atoms with Crippen LogP contribution in [0.15, 0.2) is 53.4 Å². The smallest absolute Gasteiger partial charge is 0.268 e. The number of thiazole rings is 1. The van der Waals surface area contributed by atoms with Crippen LogP contribution >= 0.6 is 22.9 Å². The molecule has 29 heavy (non-hydrogen) atoms. The highest BCUT2D eigenvalue weighted by Crippen LogP contribution is 2.27. The largest absolute Gasteiger partial charge is 0.487 e. The molecule has 1 N–H and O–H groups in total. The van der Waals surface area contributed by atoms with Gasteiger partial charge in [-0.15, -0.1) is 11.3 Å². The highest BCUT2D eigenvalue weighted by atomic mass is 35.5. The Morgan fingerprint density at radius 2 is 2.10 bits per heavy atom. The van der Waals surface area contributed by atoms with E-state index in [1.54, 1.807) is 35.7 Å². The maximum absolute atomic E-state index is 13.0. The highest BCUT2D eigenvalue weighted by molar-refractivity contribution is 7.13. The van der Waals surface area contributed by atoms with Crippen LogP contribution in [0.2, 0.25) is 5.02 Å². The Morgan fingerprint density at radius 1 is 1.34 bits per heavy atom. The second-order valence-corrected chi connectivity index (χ2v) is 7.29. The summed E-state index contributed by atoms with van der Waals surface area (Å²) in [6.07, 6.45) is 1.44. The van der Waals surface area contributed by atoms with Gasteiger partial charge in [-0.2, -0.15) is 5.26 Å². The summed E-state index contributed by atoms with van der Waals surface area (Å²) in [5, 5.41) is 14.5. The minimum absolute atomic E-state index is 0.0751. The molecule has 0 fully saturated rings. The van der Waals surface area contributed by atoms with Gasteiger partial charge in [-0.3, -0.25) is 10.1 Å². The van der Waals surface area contributed by atoms with E-state index in [9.17, 15) is 14.4 Å². The molecule has 3 aromatic rings. The second kappa shape index (κ2) is 9.32. The zero-order valence-corrected chi connectivity index (χ0v) is 16.9. The van der Waals surface area contributed by atoms with E-state index < -0.39 is 5.91 Å². The quantitative estimate of drug-likeness (QED) is 0.424. The Labute approximate surface area is 176 Å². The zero-order valence-electron chi connectivity index (χ0n) is 15.3. The molecule has 0 unspecified atom stereocenters. The molecule has 0 spiro atoms. The molecule has 5 nitrogen and oxygen atoms in total. The Balaban J connectivity index is 1.69. The Bertz CT molecular complexity index is 1100. The van der Waals surface area contributed by atoms with Gasteiger partial charge < -0.3 is 4.74 Å². The molecule has 1 aromatic heterocycles. The molecule has 0 aliphatic heterocycles. The lowest BCUT2D eigenvalue weighted by Gasteiger charge is -2.09. The zero-order chi connectivity index (χ0) is 20.8. The van der Waals surface area contributed by atoms with Gasteiger partial charge in [-0.05, 0) is 48.4 Å². The predicted octanol–water partition coefficient (Wildman–Crippen LogP) is 5.37. The van der Waals surface area contributed by atoms with Crippen LogP contribution in [0.4, 0.5) is 9.52 Å². The molecule has 0 aliphatic carbocycles. The van der Waals surface area contributed by atoms with Gasteiger partial charge in [0.05, 0.1) is 10.7 Å². The third-order valence-electron chi connectivity index (χ3n) is 3.78. The van der Waals surface area contributed by atoms with Crippen molar-refractivity contribution in [1.82, 2.24) is 4.98 Å². The molecule has 0 bridgehead atoms. The average Bonchev–Trinajstić information content (AvgIpc) is 3.11. The number of hydrogen-bond acceptors (Lipinski definition) is 5. The van der Waals surface area contributed by atoms with E-state index in [4.69, 9.17) is 16.3 Å². The van der Waals surface area contributed by atoms with E-state index in [0.29, 0.717) is 21.5 Å². The standard InChI is InChI=1S/C21H15ClFN3O2S/c1-13-12-29-21(25-13)26-20(27)16(10-24)8-15-4-7-19(18(22)9-15)28-11-14-2-5-17(23)6-3-14/h2-9,12H,11H2,1H3,(H,25,26,27)/b16-8-. The molecule has 1 heterocycles. The summed E-state index contributed by atoms with van der Waals surface area (Å²) < 4.78 is 18.6. The second-order valence-electron chi connectivity index (χ2n) is 6.02. The number of halogens is 2. The van der Waals surface area contributed by atoms with E-state index in [1.165, 1.54) is 29.5 Å². The van der Waals surface area contributed by atoms with Crippen molar-refractivity contribution in [3.63, 3.8) is 0 Å². The number of carbonyl (C=O) groups excluding carboxylic acids is 1. The van der Waals surface area contributed by atoms with Crippen molar-refractivity contribution in [2.75, 3.05) is 5.32 Å². The first-order chi connectivity index (χ1) is 13.9. The van der Waals surface area contributed by atoms with Crippen molar-refractivity contribution in [3.8, 4) is 11.8 Å². The summed E-state index contributed by atoms with van der Waals surface area (Å²) in [4.78, 5) is 16.4. The number of ether oxygens (including phenoxy) is 1. The van der Waals surface area contributed by atoms with E-state index in [1.807, 2.05) is 13.0 Å². The Kier molecular flexibility index (Phi) is 6.60. The molecular formula is C21H15ClFN3O2S. The Hall–Kier alpha value is -3.21. The molecule has 8 heteroatoms. The molecule has 2 aromatic carbocycles. The van der Waals surface area contributed by atoms with Crippen LogP contribution in [-0.2, 0) is 11.4 Å². The number of nitrogens with one attached hydrogen (secondary N) is 1. The molecule has 0 saturated carbocycles. The number of nitrogens with zero attached hydrogens (tertiary/aromatic N) is 2. The number of aryl methyl sites for hydroxylation is 1. The van der Waals surface area contributed by atoms with Crippen molar-refractivity contribution in [1.29, 1.82) is 5.26 Å². The SMILES string of the molecule is Cc1csc(NC(=O)/C(C#N)=C\c2ccc(OCc3ccc(F)cc3)c(Cl)c2)n1. The Morgan fingerprint density at radius 3 is 2.72 bits per heavy atom. The third kappa shape index (κ3) is 5.64. The van der Waals surface area contributed by atoms with E-state index in [2.05, 4.69) is 10.3 Å². The van der Waals surface area contributed by atoms with Gasteiger partial charge in [0.1, 0.15) is 29.8 Å². The lowest BCUT2D eigenvalue weighted by atomic mass is 10.1. The summed E-state index contributed by atoms with van der Waals surface area (Å²) in [7, 11) is 0. The molecule has 146 valence electrons. The molecular weight excluding hydrogens is 413 g/mol. The summed E-state index contributed by atoms with van der Waals surface area (Å²) >= 11 is 7.54. The van der Waals surface area contributed by atoms with Crippen molar-refractivity contribution < 1.29 is 13.9 Å². The summed E-state index contributed by atoms with van der Waals surface area (Å²) in [5.74, 6) is -0.422. The number of aromatic nitrogens is 1. The minimum Gasteiger partial charge on any atom is -0.487 e. The number of hydrogen-bond donors (Lipinski definition) is 1. The minimum atomic E-state index is -0.547. The number of rotatable bonds is 6. The van der Waals surface area contributed by atoms with Crippen LogP contribution in [0.25, 0.3) is 6.08 Å². The van der Waals surface area contributed by atoms with E-state index in [0.717, 1.165) is 11.3 Å². The normalized spacial score (nSPS) is 11.0. The lowest BCUT2D eigenvalue weighted by Crippen LogP contribution is -2.13. The number of nitriles is 1. The van der Waals surface area contributed by atoms with E-state index >= 15 is 0 Å². The molecule has 0 aliphatic rings. The number of amides is 1. The number of anilines is 1. The number of benzene rings is 2. The molecule has 0 saturated heterocycles. The first-order valence-corrected chi connectivity index (χ1v) is 9.72. The van der Waals surface area contributed by atoms with E-state index in [-0.39, 0.29) is 18.0 Å². The highest BCUT2D eigenvalue weighted by Gasteiger charge is 2.12. The van der Waals surface area contributed by atoms with Crippen molar-refractivity contribution >= 4 is 40.1 Å². The fourth-order valence-corrected chi connectivity index (χ4v) is 3.28. The first kappa shape index (κ1) is 20.5. The van der Waals surface area contributed by atoms with Crippen molar-refractivity contribution in [3.05, 3.63) is 81.1 Å². The third-order valence-corrected chi connectivity index (χ3v) is 4.95. The maximum atomic E-state index is 13.0. The van der Waals surface area contributed by atoms with Crippen LogP contribution < -0.4 is 10.1 Å². The van der Waals surface area contributed by atoms with Gasteiger partial charge in [0, 0.05) is 5.38 Å². The van der Waals surface area contributed by atoms with Crippen LogP contribution in [0.1, 0.15) is 16.8 Å². The topological polar surface area (TPSA) is 75.0 Å². The fourth-order valence-electron chi connectivity index (χ4n) is 2.36. The van der Waals surface area contributed by atoms with Gasteiger partial charge in [0.2, 0.25) is 0 Å². The van der Waals surface area contributed by atoms with Crippen LogP contribution in [-0.4, -0.2) is 10.9 Å². The van der Waals surface area contributed by atoms with Gasteiger partial charge >= 0.3 is 0 Å². The molecule has 1 amide bonds. The predicted molar refractivity (Wildman–Crippen MR) is 111 cm³/mol. The average molecular weight is 428 g/mol. The van der Waals surface area contributed by atoms with Crippen molar-refractivity contribution in [2.24, 2.45) is 0 Å². The van der Waals surface area contributed by atoms with Crippen molar-refractivity contribution in [2.45, 2.75) is 13.5 Å². The molecule has 0 radical (unpaired) electrons.